The molecular formula is C22H30N4O4S. The van der Waals surface area contributed by atoms with Crippen molar-refractivity contribution in [2.45, 2.75) is 45.4 Å². The molecule has 2 aromatic rings. The zero-order valence-electron chi connectivity index (χ0n) is 18.7. The van der Waals surface area contributed by atoms with Crippen molar-refractivity contribution in [3.63, 3.8) is 0 Å². The van der Waals surface area contributed by atoms with Gasteiger partial charge in [0.1, 0.15) is 4.90 Å². The number of rotatable bonds is 5. The van der Waals surface area contributed by atoms with E-state index < -0.39 is 10.0 Å². The lowest BCUT2D eigenvalue weighted by Gasteiger charge is -2.30. The average Bonchev–Trinajstić information content (AvgIpc) is 2.93. The summed E-state index contributed by atoms with van der Waals surface area (Å²) < 4.78 is 31.0. The first-order valence-corrected chi connectivity index (χ1v) is 11.8. The van der Waals surface area contributed by atoms with E-state index in [4.69, 9.17) is 0 Å². The van der Waals surface area contributed by atoms with Gasteiger partial charge in [-0.3, -0.25) is 14.3 Å². The normalized spacial score (nSPS) is 15.1. The van der Waals surface area contributed by atoms with Gasteiger partial charge in [-0.25, -0.2) is 8.42 Å². The van der Waals surface area contributed by atoms with Crippen molar-refractivity contribution in [3.8, 4) is 0 Å². The maximum atomic E-state index is 13.3. The summed E-state index contributed by atoms with van der Waals surface area (Å²) in [5.41, 5.74) is 2.28. The third kappa shape index (κ3) is 4.76. The average molecular weight is 447 g/mol. The van der Waals surface area contributed by atoms with Gasteiger partial charge in [-0.2, -0.15) is 0 Å². The van der Waals surface area contributed by atoms with Crippen LogP contribution in [-0.4, -0.2) is 42.8 Å². The van der Waals surface area contributed by atoms with Crippen molar-refractivity contribution < 1.29 is 18.0 Å². The first-order chi connectivity index (χ1) is 14.5. The van der Waals surface area contributed by atoms with Crippen LogP contribution in [0.1, 0.15) is 48.4 Å². The van der Waals surface area contributed by atoms with Crippen molar-refractivity contribution in [2.24, 2.45) is 13.0 Å². The van der Waals surface area contributed by atoms with E-state index in [-0.39, 0.29) is 22.3 Å². The fourth-order valence-corrected chi connectivity index (χ4v) is 5.48. The minimum Gasteiger partial charge on any atom is -0.350 e. The maximum absolute atomic E-state index is 13.3. The van der Waals surface area contributed by atoms with Crippen LogP contribution in [0, 0.1) is 19.8 Å². The van der Waals surface area contributed by atoms with Gasteiger partial charge < -0.3 is 14.8 Å². The molecular weight excluding hydrogens is 416 g/mol. The highest BCUT2D eigenvalue weighted by Crippen LogP contribution is 2.30. The number of amides is 2. The van der Waals surface area contributed by atoms with E-state index >= 15 is 0 Å². The Morgan fingerprint density at radius 1 is 1.00 bits per heavy atom. The van der Waals surface area contributed by atoms with E-state index in [1.54, 1.807) is 54.6 Å². The molecule has 0 saturated carbocycles. The highest BCUT2D eigenvalue weighted by Gasteiger charge is 2.33. The summed E-state index contributed by atoms with van der Waals surface area (Å²) >= 11 is 0. The quantitative estimate of drug-likeness (QED) is 0.736. The molecule has 1 aromatic carbocycles. The number of nitrogens with zero attached hydrogens (tertiary/aromatic N) is 2. The van der Waals surface area contributed by atoms with E-state index in [0.717, 1.165) is 12.8 Å². The lowest BCUT2D eigenvalue weighted by atomic mass is 9.98. The number of piperidine rings is 1. The first kappa shape index (κ1) is 22.9. The van der Waals surface area contributed by atoms with E-state index in [1.165, 1.54) is 6.92 Å². The lowest BCUT2D eigenvalue weighted by Crippen LogP contribution is -2.38. The largest absolute Gasteiger partial charge is 0.350 e. The molecule has 2 N–H and O–H groups in total. The molecule has 8 nitrogen and oxygen atoms in total. The highest BCUT2D eigenvalue weighted by atomic mass is 32.2. The Bertz CT molecular complexity index is 1100. The van der Waals surface area contributed by atoms with Crippen LogP contribution in [0.3, 0.4) is 0 Å². The second-order valence-electron chi connectivity index (χ2n) is 8.27. The fraction of sp³-hybridized carbons (Fsp3) is 0.455. The molecule has 0 bridgehead atoms. The van der Waals surface area contributed by atoms with Gasteiger partial charge in [-0.1, -0.05) is 6.92 Å². The van der Waals surface area contributed by atoms with Gasteiger partial charge in [0, 0.05) is 49.8 Å². The number of hydrogen-bond acceptors (Lipinski definition) is 4. The van der Waals surface area contributed by atoms with E-state index in [2.05, 4.69) is 17.0 Å². The number of aromatic nitrogens is 1. The standard InChI is InChI=1S/C22H30N4O4S/c1-14-10-12-26(13-11-14)22(28)20-15(2)25(5)16(3)21(20)31(29,30)24-19-8-6-18(7-9-19)23-17(4)27/h6-9,14,24H,10-13H2,1-5H3,(H,23,27). The third-order valence-electron chi connectivity index (χ3n) is 5.93. The Kier molecular flexibility index (Phi) is 6.45. The van der Waals surface area contributed by atoms with Crippen molar-refractivity contribution in [1.29, 1.82) is 0 Å². The number of hydrogen-bond donors (Lipinski definition) is 2. The molecule has 0 unspecified atom stereocenters. The van der Waals surface area contributed by atoms with Crippen LogP contribution in [0.2, 0.25) is 0 Å². The number of sulfonamides is 1. The van der Waals surface area contributed by atoms with Crippen molar-refractivity contribution in [2.75, 3.05) is 23.1 Å². The van der Waals surface area contributed by atoms with Gasteiger partial charge in [0.15, 0.2) is 0 Å². The van der Waals surface area contributed by atoms with Crippen LogP contribution < -0.4 is 10.0 Å². The van der Waals surface area contributed by atoms with Crippen molar-refractivity contribution >= 4 is 33.2 Å². The molecule has 9 heteroatoms. The van der Waals surface area contributed by atoms with Gasteiger partial charge >= 0.3 is 0 Å². The Labute approximate surface area is 183 Å². The number of anilines is 2. The summed E-state index contributed by atoms with van der Waals surface area (Å²) in [5.74, 6) is 0.112. The van der Waals surface area contributed by atoms with Crippen molar-refractivity contribution in [1.82, 2.24) is 9.47 Å². The number of carbonyl (C=O) groups is 2. The molecule has 1 saturated heterocycles. The molecule has 2 amide bonds. The van der Waals surface area contributed by atoms with Crippen LogP contribution in [0.25, 0.3) is 0 Å². The molecule has 1 aliphatic heterocycles. The van der Waals surface area contributed by atoms with Crippen molar-refractivity contribution in [3.05, 3.63) is 41.2 Å². The lowest BCUT2D eigenvalue weighted by molar-refractivity contribution is -0.114. The van der Waals surface area contributed by atoms with E-state index in [9.17, 15) is 18.0 Å². The minimum atomic E-state index is -4.01. The van der Waals surface area contributed by atoms with Crippen LogP contribution >= 0.6 is 0 Å². The van der Waals surface area contributed by atoms with Crippen LogP contribution in [0.5, 0.6) is 0 Å². The molecule has 0 atom stereocenters. The number of nitrogens with one attached hydrogen (secondary N) is 2. The van der Waals surface area contributed by atoms with Crippen LogP contribution in [0.4, 0.5) is 11.4 Å². The first-order valence-electron chi connectivity index (χ1n) is 10.4. The molecule has 1 fully saturated rings. The number of likely N-dealkylation sites (tertiary alicyclic amines) is 1. The van der Waals surface area contributed by atoms with E-state index in [1.807, 2.05) is 0 Å². The summed E-state index contributed by atoms with van der Waals surface area (Å²) in [5, 5.41) is 2.64. The molecule has 168 valence electrons. The van der Waals surface area contributed by atoms with Gasteiger partial charge in [0.05, 0.1) is 5.56 Å². The topological polar surface area (TPSA) is 101 Å². The Morgan fingerprint density at radius 2 is 1.55 bits per heavy atom. The number of benzene rings is 1. The Balaban J connectivity index is 1.94. The molecule has 0 aliphatic carbocycles. The molecule has 31 heavy (non-hydrogen) atoms. The summed E-state index contributed by atoms with van der Waals surface area (Å²) in [6, 6.07) is 6.37. The van der Waals surface area contributed by atoms with Crippen LogP contribution in [0.15, 0.2) is 29.2 Å². The minimum absolute atomic E-state index is 0.0158. The molecule has 3 rings (SSSR count). The van der Waals surface area contributed by atoms with E-state index in [0.29, 0.717) is 41.8 Å². The third-order valence-corrected chi connectivity index (χ3v) is 7.48. The summed E-state index contributed by atoms with van der Waals surface area (Å²) in [6.45, 7) is 8.30. The van der Waals surface area contributed by atoms with Crippen LogP contribution in [-0.2, 0) is 21.9 Å². The molecule has 2 heterocycles. The predicted octanol–water partition coefficient (Wildman–Crippen LogP) is 3.27. The second kappa shape index (κ2) is 8.74. The monoisotopic (exact) mass is 446 g/mol. The van der Waals surface area contributed by atoms with Gasteiger partial charge in [0.25, 0.3) is 15.9 Å². The van der Waals surface area contributed by atoms with Gasteiger partial charge in [-0.15, -0.1) is 0 Å². The summed E-state index contributed by atoms with van der Waals surface area (Å²) in [6.07, 6.45) is 1.83. The molecule has 1 aromatic heterocycles. The second-order valence-corrected chi connectivity index (χ2v) is 9.89. The summed E-state index contributed by atoms with van der Waals surface area (Å²) in [7, 11) is -2.25. The zero-order chi connectivity index (χ0) is 22.9. The Hall–Kier alpha value is -2.81. The predicted molar refractivity (Wildman–Crippen MR) is 121 cm³/mol. The van der Waals surface area contributed by atoms with Gasteiger partial charge in [0.2, 0.25) is 5.91 Å². The molecule has 0 radical (unpaired) electrons. The highest BCUT2D eigenvalue weighted by molar-refractivity contribution is 7.92. The fourth-order valence-electron chi connectivity index (χ4n) is 3.90. The van der Waals surface area contributed by atoms with Gasteiger partial charge in [-0.05, 0) is 56.9 Å². The molecule has 1 aliphatic rings. The summed E-state index contributed by atoms with van der Waals surface area (Å²) in [4.78, 5) is 26.3. The Morgan fingerprint density at radius 3 is 2.10 bits per heavy atom. The number of carbonyl (C=O) groups excluding carboxylic acids is 2. The SMILES string of the molecule is CC(=O)Nc1ccc(NS(=O)(=O)c2c(C(=O)N3CCC(C)CC3)c(C)n(C)c2C)cc1. The zero-order valence-corrected chi connectivity index (χ0v) is 19.5. The smallest absolute Gasteiger partial charge is 0.264 e. The maximum Gasteiger partial charge on any atom is 0.264 e. The molecule has 0 spiro atoms.